The third kappa shape index (κ3) is 57.3. The molecule has 2 unspecified atom stereocenters. The number of hydrogen-bond acceptors (Lipinski definition) is 8. The van der Waals surface area contributed by atoms with E-state index in [2.05, 4.69) is 38.2 Å². The molecule has 0 aliphatic carbocycles. The Morgan fingerprint density at radius 2 is 0.699 bits per heavy atom. The molecule has 9 heteroatoms. The minimum absolute atomic E-state index is 0.149. The number of carbonyl (C=O) groups excluding carboxylic acids is 3. The third-order valence-electron chi connectivity index (χ3n) is 14.2. The second-order valence-electron chi connectivity index (χ2n) is 22.7. The highest BCUT2D eigenvalue weighted by molar-refractivity contribution is 5.70. The number of hydrogen-bond donors (Lipinski definition) is 0. The van der Waals surface area contributed by atoms with E-state index >= 15 is 0 Å². The van der Waals surface area contributed by atoms with E-state index < -0.39 is 24.3 Å². The standard InChI is InChI=1S/C64H121NO8/c1-6-8-10-12-14-16-18-20-21-22-23-24-25-26-27-28-29-30-31-32-33-34-35-36-37-38-39-40-41-43-45-47-49-51-53-55-62(67)73-60(59-72-64(63(68)69)70-57-56-65(3,4)5)58-71-61(66)54-52-50-48-46-44-42-19-17-15-13-11-9-7-2/h17,19,22-23,60,64H,6-16,18,20-21,24-59H2,1-5H3/b19-17-,23-22-. The van der Waals surface area contributed by atoms with E-state index in [-0.39, 0.29) is 38.6 Å². The van der Waals surface area contributed by atoms with E-state index in [1.54, 1.807) is 0 Å². The lowest BCUT2D eigenvalue weighted by Gasteiger charge is -2.26. The van der Waals surface area contributed by atoms with Gasteiger partial charge in [-0.15, -0.1) is 0 Å². The van der Waals surface area contributed by atoms with Crippen LogP contribution in [-0.2, 0) is 33.3 Å². The van der Waals surface area contributed by atoms with Crippen LogP contribution in [-0.4, -0.2) is 82.3 Å². The van der Waals surface area contributed by atoms with E-state index in [0.717, 1.165) is 57.8 Å². The summed E-state index contributed by atoms with van der Waals surface area (Å²) < 4.78 is 22.7. The monoisotopic (exact) mass is 1030 g/mol. The van der Waals surface area contributed by atoms with Crippen LogP contribution < -0.4 is 5.11 Å². The number of allylic oxidation sites excluding steroid dienone is 4. The van der Waals surface area contributed by atoms with Gasteiger partial charge in [0.05, 0.1) is 40.3 Å². The van der Waals surface area contributed by atoms with Gasteiger partial charge in [0.1, 0.15) is 13.2 Å². The van der Waals surface area contributed by atoms with Crippen LogP contribution in [0.15, 0.2) is 24.3 Å². The van der Waals surface area contributed by atoms with Crippen LogP contribution in [0.2, 0.25) is 0 Å². The third-order valence-corrected chi connectivity index (χ3v) is 14.2. The minimum Gasteiger partial charge on any atom is -0.545 e. The number of quaternary nitrogens is 1. The molecule has 0 aliphatic heterocycles. The number of carboxylic acid groups (broad SMARTS) is 1. The number of carboxylic acids is 1. The zero-order valence-corrected chi connectivity index (χ0v) is 49.0. The van der Waals surface area contributed by atoms with Gasteiger partial charge in [-0.1, -0.05) is 256 Å². The number of aliphatic carboxylic acids is 1. The van der Waals surface area contributed by atoms with Crippen LogP contribution in [0.3, 0.4) is 0 Å². The molecule has 0 fully saturated rings. The van der Waals surface area contributed by atoms with Crippen molar-refractivity contribution in [3.63, 3.8) is 0 Å². The Balaban J connectivity index is 3.98. The van der Waals surface area contributed by atoms with E-state index in [1.807, 2.05) is 21.1 Å². The second kappa shape index (κ2) is 56.0. The molecule has 0 aromatic rings. The highest BCUT2D eigenvalue weighted by Crippen LogP contribution is 2.18. The minimum atomic E-state index is -1.62. The van der Waals surface area contributed by atoms with Crippen LogP contribution in [0.25, 0.3) is 0 Å². The number of likely N-dealkylation sites (N-methyl/N-ethyl adjacent to an activating group) is 1. The Hall–Kier alpha value is -2.23. The lowest BCUT2D eigenvalue weighted by atomic mass is 10.0. The van der Waals surface area contributed by atoms with Gasteiger partial charge >= 0.3 is 11.9 Å². The number of carbonyl (C=O) groups is 3. The summed E-state index contributed by atoms with van der Waals surface area (Å²) in [5.41, 5.74) is 0. The van der Waals surface area contributed by atoms with Gasteiger partial charge in [-0.05, 0) is 64.2 Å². The Kier molecular flexibility index (Phi) is 54.3. The van der Waals surface area contributed by atoms with Crippen LogP contribution >= 0.6 is 0 Å². The smallest absolute Gasteiger partial charge is 0.306 e. The van der Waals surface area contributed by atoms with Crippen molar-refractivity contribution in [3.05, 3.63) is 24.3 Å². The van der Waals surface area contributed by atoms with Crippen LogP contribution in [0.4, 0.5) is 0 Å². The van der Waals surface area contributed by atoms with Gasteiger partial charge < -0.3 is 33.3 Å². The molecule has 0 saturated carbocycles. The molecule has 0 radical (unpaired) electrons. The Morgan fingerprint density at radius 1 is 0.397 bits per heavy atom. The van der Waals surface area contributed by atoms with Gasteiger partial charge in [-0.3, -0.25) is 9.59 Å². The Bertz CT molecular complexity index is 1250. The summed E-state index contributed by atoms with van der Waals surface area (Å²) in [5.74, 6) is -2.28. The van der Waals surface area contributed by atoms with Gasteiger partial charge in [-0.2, -0.15) is 0 Å². The fraction of sp³-hybridized carbons (Fsp3) is 0.891. The van der Waals surface area contributed by atoms with Crippen molar-refractivity contribution < 1.29 is 42.9 Å². The topological polar surface area (TPSA) is 111 Å². The zero-order chi connectivity index (χ0) is 53.4. The first kappa shape index (κ1) is 70.8. The fourth-order valence-electron chi connectivity index (χ4n) is 9.29. The summed E-state index contributed by atoms with van der Waals surface area (Å²) >= 11 is 0. The SMILES string of the molecule is CCCCCC/C=C\CCCCCCCC(=O)OCC(COC(OCC[N+](C)(C)C)C(=O)[O-])OC(=O)CCCCCCCCCCCCCCCCCCCCCCCCC/C=C\CCCCCCCCCC. The number of rotatable bonds is 59. The predicted octanol–water partition coefficient (Wildman–Crippen LogP) is 17.4. The molecule has 0 aromatic carbocycles. The average Bonchev–Trinajstić information content (AvgIpc) is 3.36. The van der Waals surface area contributed by atoms with E-state index in [9.17, 15) is 19.5 Å². The first-order valence-corrected chi connectivity index (χ1v) is 31.5. The molecule has 430 valence electrons. The van der Waals surface area contributed by atoms with Crippen molar-refractivity contribution in [2.75, 3.05) is 47.5 Å². The molecule has 2 atom stereocenters. The predicted molar refractivity (Wildman–Crippen MR) is 306 cm³/mol. The van der Waals surface area contributed by atoms with Gasteiger partial charge in [-0.25, -0.2) is 0 Å². The first-order chi connectivity index (χ1) is 35.6. The van der Waals surface area contributed by atoms with Crippen molar-refractivity contribution in [3.8, 4) is 0 Å². The van der Waals surface area contributed by atoms with Crippen LogP contribution in [0.5, 0.6) is 0 Å². The van der Waals surface area contributed by atoms with Gasteiger partial charge in [0.25, 0.3) is 0 Å². The zero-order valence-electron chi connectivity index (χ0n) is 49.0. The van der Waals surface area contributed by atoms with Crippen molar-refractivity contribution >= 4 is 17.9 Å². The molecule has 0 rings (SSSR count). The maximum atomic E-state index is 12.9. The molecule has 73 heavy (non-hydrogen) atoms. The largest absolute Gasteiger partial charge is 0.545 e. The quantitative estimate of drug-likeness (QED) is 0.0195. The first-order valence-electron chi connectivity index (χ1n) is 31.5. The molecule has 0 amide bonds. The van der Waals surface area contributed by atoms with E-state index in [4.69, 9.17) is 18.9 Å². The molecule has 0 heterocycles. The van der Waals surface area contributed by atoms with Crippen molar-refractivity contribution in [1.82, 2.24) is 0 Å². The van der Waals surface area contributed by atoms with Crippen LogP contribution in [0.1, 0.15) is 309 Å². The van der Waals surface area contributed by atoms with Gasteiger partial charge in [0.2, 0.25) is 0 Å². The fourth-order valence-corrected chi connectivity index (χ4v) is 9.29. The van der Waals surface area contributed by atoms with Gasteiger partial charge in [0, 0.05) is 12.8 Å². The van der Waals surface area contributed by atoms with Crippen LogP contribution in [0, 0.1) is 0 Å². The molecule has 0 aromatic heterocycles. The number of unbranched alkanes of at least 4 members (excludes halogenated alkanes) is 40. The van der Waals surface area contributed by atoms with E-state index in [0.29, 0.717) is 11.0 Å². The van der Waals surface area contributed by atoms with E-state index in [1.165, 1.54) is 225 Å². The maximum absolute atomic E-state index is 12.9. The summed E-state index contributed by atoms with van der Waals surface area (Å²) in [4.78, 5) is 37.2. The highest BCUT2D eigenvalue weighted by atomic mass is 16.7. The maximum Gasteiger partial charge on any atom is 0.306 e. The molecule has 0 N–H and O–H groups in total. The molecule has 0 aliphatic rings. The molecule has 0 spiro atoms. The number of nitrogens with zero attached hydrogens (tertiary/aromatic N) is 1. The molecule has 0 bridgehead atoms. The number of ether oxygens (including phenoxy) is 4. The normalized spacial score (nSPS) is 12.8. The summed E-state index contributed by atoms with van der Waals surface area (Å²) in [7, 11) is 5.93. The lowest BCUT2D eigenvalue weighted by Crippen LogP contribution is -2.44. The Morgan fingerprint density at radius 3 is 1.03 bits per heavy atom. The number of esters is 2. The summed E-state index contributed by atoms with van der Waals surface area (Å²) in [5, 5.41) is 11.8. The lowest BCUT2D eigenvalue weighted by molar-refractivity contribution is -0.870. The molecular formula is C64H121NO8. The summed E-state index contributed by atoms with van der Waals surface area (Å²) in [6.07, 6.45) is 64.1. The van der Waals surface area contributed by atoms with Crippen molar-refractivity contribution in [2.45, 2.75) is 322 Å². The highest BCUT2D eigenvalue weighted by Gasteiger charge is 2.22. The molecular weight excluding hydrogens is 911 g/mol. The second-order valence-corrected chi connectivity index (χ2v) is 22.7. The summed E-state index contributed by atoms with van der Waals surface area (Å²) in [6.45, 7) is 4.76. The molecule has 9 nitrogen and oxygen atoms in total. The average molecular weight is 1030 g/mol. The van der Waals surface area contributed by atoms with Gasteiger partial charge in [0.15, 0.2) is 12.4 Å². The molecule has 0 saturated heterocycles. The van der Waals surface area contributed by atoms with Crippen molar-refractivity contribution in [2.24, 2.45) is 0 Å². The Labute approximate surface area is 452 Å². The summed E-state index contributed by atoms with van der Waals surface area (Å²) in [6, 6.07) is 0. The van der Waals surface area contributed by atoms with Crippen molar-refractivity contribution in [1.29, 1.82) is 0 Å².